The predicted molar refractivity (Wildman–Crippen MR) is 67.6 cm³/mol. The van der Waals surface area contributed by atoms with Crippen molar-refractivity contribution in [2.45, 2.75) is 32.2 Å². The SMILES string of the molecule is CCC(c1ccccc1[SiH3])C(C)NC. The second-order valence-electron chi connectivity index (χ2n) is 3.95. The highest BCUT2D eigenvalue weighted by Crippen LogP contribution is 2.21. The van der Waals surface area contributed by atoms with Crippen molar-refractivity contribution in [1.29, 1.82) is 0 Å². The first-order chi connectivity index (χ1) is 6.70. The van der Waals surface area contributed by atoms with Crippen LogP contribution in [0.2, 0.25) is 0 Å². The Labute approximate surface area is 90.3 Å². The van der Waals surface area contributed by atoms with Crippen molar-refractivity contribution in [3.05, 3.63) is 29.8 Å². The van der Waals surface area contributed by atoms with Gasteiger partial charge < -0.3 is 5.32 Å². The summed E-state index contributed by atoms with van der Waals surface area (Å²) in [4.78, 5) is 0. The van der Waals surface area contributed by atoms with Crippen LogP contribution in [0, 0.1) is 0 Å². The van der Waals surface area contributed by atoms with E-state index in [0.717, 1.165) is 10.2 Å². The van der Waals surface area contributed by atoms with E-state index in [2.05, 4.69) is 43.4 Å². The summed E-state index contributed by atoms with van der Waals surface area (Å²) in [5.74, 6) is 0.661. The van der Waals surface area contributed by atoms with Gasteiger partial charge in [-0.25, -0.2) is 0 Å². The van der Waals surface area contributed by atoms with Gasteiger partial charge in [-0.05, 0) is 31.9 Å². The molecule has 0 fully saturated rings. The number of hydrogen-bond acceptors (Lipinski definition) is 1. The quantitative estimate of drug-likeness (QED) is 0.720. The molecule has 0 spiro atoms. The first-order valence-electron chi connectivity index (χ1n) is 5.43. The maximum absolute atomic E-state index is 3.36. The zero-order chi connectivity index (χ0) is 10.6. The minimum absolute atomic E-state index is 0.565. The molecule has 0 radical (unpaired) electrons. The zero-order valence-corrected chi connectivity index (χ0v) is 11.7. The maximum Gasteiger partial charge on any atom is 0.0388 e. The molecular formula is C12H21NSi. The molecule has 0 aliphatic rings. The van der Waals surface area contributed by atoms with Crippen molar-refractivity contribution < 1.29 is 0 Å². The molecule has 1 aromatic carbocycles. The van der Waals surface area contributed by atoms with Gasteiger partial charge in [-0.1, -0.05) is 36.4 Å². The molecule has 0 aliphatic heterocycles. The largest absolute Gasteiger partial charge is 0.317 e. The fraction of sp³-hybridized carbons (Fsp3) is 0.500. The van der Waals surface area contributed by atoms with Crippen LogP contribution in [0.1, 0.15) is 31.7 Å². The van der Waals surface area contributed by atoms with Gasteiger partial charge in [0.05, 0.1) is 0 Å². The lowest BCUT2D eigenvalue weighted by Gasteiger charge is -2.24. The number of nitrogens with one attached hydrogen (secondary N) is 1. The second kappa shape index (κ2) is 5.32. The fourth-order valence-corrected chi connectivity index (χ4v) is 2.78. The molecule has 0 bridgehead atoms. The standard InChI is InChI=1S/C12H21NSi/c1-4-10(9(2)13-3)11-7-5-6-8-12(11)14/h5-10,13H,4H2,1-3,14H3. The Balaban J connectivity index is 2.94. The zero-order valence-electron chi connectivity index (χ0n) is 9.67. The van der Waals surface area contributed by atoms with Gasteiger partial charge in [0, 0.05) is 16.3 Å². The lowest BCUT2D eigenvalue weighted by atomic mass is 9.90. The van der Waals surface area contributed by atoms with Crippen LogP contribution in [-0.4, -0.2) is 23.3 Å². The third-order valence-electron chi connectivity index (χ3n) is 3.09. The fourth-order valence-electron chi connectivity index (χ4n) is 2.05. The third-order valence-corrected chi connectivity index (χ3v) is 4.00. The smallest absolute Gasteiger partial charge is 0.0388 e. The molecule has 0 amide bonds. The second-order valence-corrected chi connectivity index (χ2v) is 5.03. The van der Waals surface area contributed by atoms with E-state index in [1.54, 1.807) is 10.8 Å². The molecule has 2 unspecified atom stereocenters. The summed E-state index contributed by atoms with van der Waals surface area (Å²) in [5, 5.41) is 4.90. The Morgan fingerprint density at radius 2 is 2.00 bits per heavy atom. The van der Waals surface area contributed by atoms with Gasteiger partial charge >= 0.3 is 0 Å². The van der Waals surface area contributed by atoms with Crippen molar-refractivity contribution in [2.75, 3.05) is 7.05 Å². The van der Waals surface area contributed by atoms with E-state index < -0.39 is 0 Å². The Morgan fingerprint density at radius 3 is 2.50 bits per heavy atom. The summed E-state index contributed by atoms with van der Waals surface area (Å²) < 4.78 is 0. The number of likely N-dealkylation sites (N-methyl/N-ethyl adjacent to an activating group) is 1. The topological polar surface area (TPSA) is 12.0 Å². The van der Waals surface area contributed by atoms with Crippen molar-refractivity contribution >= 4 is 15.4 Å². The van der Waals surface area contributed by atoms with Crippen molar-refractivity contribution in [3.63, 3.8) is 0 Å². The summed E-state index contributed by atoms with van der Waals surface area (Å²) in [6, 6.07) is 9.40. The van der Waals surface area contributed by atoms with E-state index in [4.69, 9.17) is 0 Å². The average molecular weight is 207 g/mol. The highest BCUT2D eigenvalue weighted by atomic mass is 28.1. The monoisotopic (exact) mass is 207 g/mol. The Hall–Kier alpha value is -0.603. The average Bonchev–Trinajstić information content (AvgIpc) is 2.21. The number of benzene rings is 1. The Kier molecular flexibility index (Phi) is 4.36. The lowest BCUT2D eigenvalue weighted by molar-refractivity contribution is 0.485. The molecule has 78 valence electrons. The molecule has 0 aromatic heterocycles. The summed E-state index contributed by atoms with van der Waals surface area (Å²) >= 11 is 0. The normalized spacial score (nSPS) is 15.4. The minimum Gasteiger partial charge on any atom is -0.317 e. The summed E-state index contributed by atoms with van der Waals surface area (Å²) in [6.07, 6.45) is 1.21. The van der Waals surface area contributed by atoms with Crippen LogP contribution in [0.4, 0.5) is 0 Å². The molecule has 2 heteroatoms. The molecule has 14 heavy (non-hydrogen) atoms. The van der Waals surface area contributed by atoms with E-state index in [9.17, 15) is 0 Å². The van der Waals surface area contributed by atoms with Crippen LogP contribution < -0.4 is 10.5 Å². The van der Waals surface area contributed by atoms with Gasteiger partial charge in [0.1, 0.15) is 0 Å². The highest BCUT2D eigenvalue weighted by Gasteiger charge is 2.16. The van der Waals surface area contributed by atoms with Crippen LogP contribution in [-0.2, 0) is 0 Å². The first kappa shape index (κ1) is 11.5. The number of hydrogen-bond donors (Lipinski definition) is 1. The molecule has 0 aliphatic carbocycles. The third kappa shape index (κ3) is 2.46. The van der Waals surface area contributed by atoms with Crippen LogP contribution in [0.3, 0.4) is 0 Å². The van der Waals surface area contributed by atoms with E-state index in [1.807, 2.05) is 7.05 Å². The minimum atomic E-state index is 0.565. The summed E-state index contributed by atoms with van der Waals surface area (Å²) in [7, 11) is 3.19. The molecule has 2 atom stereocenters. The van der Waals surface area contributed by atoms with Gasteiger partial charge in [0.25, 0.3) is 0 Å². The predicted octanol–water partition coefficient (Wildman–Crippen LogP) is 0.779. The molecule has 0 heterocycles. The van der Waals surface area contributed by atoms with Crippen LogP contribution in [0.5, 0.6) is 0 Å². The van der Waals surface area contributed by atoms with Crippen molar-refractivity contribution in [1.82, 2.24) is 5.32 Å². The Bertz CT molecular complexity index is 285. The molecule has 1 nitrogen and oxygen atoms in total. The van der Waals surface area contributed by atoms with Crippen LogP contribution in [0.15, 0.2) is 24.3 Å². The summed E-state index contributed by atoms with van der Waals surface area (Å²) in [6.45, 7) is 4.54. The first-order valence-corrected chi connectivity index (χ1v) is 6.43. The molecular weight excluding hydrogens is 186 g/mol. The lowest BCUT2D eigenvalue weighted by Crippen LogP contribution is -2.31. The molecule has 1 rings (SSSR count). The van der Waals surface area contributed by atoms with Gasteiger partial charge in [-0.15, -0.1) is 0 Å². The highest BCUT2D eigenvalue weighted by molar-refractivity contribution is 6.33. The number of rotatable bonds is 4. The van der Waals surface area contributed by atoms with Gasteiger partial charge in [0.2, 0.25) is 0 Å². The van der Waals surface area contributed by atoms with E-state index in [0.29, 0.717) is 12.0 Å². The van der Waals surface area contributed by atoms with Crippen molar-refractivity contribution in [3.8, 4) is 0 Å². The van der Waals surface area contributed by atoms with E-state index in [-0.39, 0.29) is 0 Å². The van der Waals surface area contributed by atoms with Gasteiger partial charge in [-0.3, -0.25) is 0 Å². The van der Waals surface area contributed by atoms with Gasteiger partial charge in [0.15, 0.2) is 0 Å². The molecule has 0 saturated carbocycles. The Morgan fingerprint density at radius 1 is 1.36 bits per heavy atom. The van der Waals surface area contributed by atoms with E-state index in [1.165, 1.54) is 6.42 Å². The van der Waals surface area contributed by atoms with E-state index >= 15 is 0 Å². The maximum atomic E-state index is 3.36. The van der Waals surface area contributed by atoms with Crippen LogP contribution in [0.25, 0.3) is 0 Å². The molecule has 1 aromatic rings. The molecule has 1 N–H and O–H groups in total. The summed E-state index contributed by atoms with van der Waals surface area (Å²) in [5.41, 5.74) is 1.54. The molecule has 0 saturated heterocycles. The van der Waals surface area contributed by atoms with Crippen molar-refractivity contribution in [2.24, 2.45) is 0 Å². The van der Waals surface area contributed by atoms with Gasteiger partial charge in [-0.2, -0.15) is 0 Å². The van der Waals surface area contributed by atoms with Crippen LogP contribution >= 0.6 is 0 Å².